The SMILES string of the molecule is CCNc1cc(C(=O)N2CC3CCC2C3)ccc1[N+](=O)[O-]. The molecule has 1 aromatic rings. The lowest BCUT2D eigenvalue weighted by Gasteiger charge is -2.27. The third-order valence-corrected chi connectivity index (χ3v) is 4.48. The molecule has 2 aliphatic rings. The number of piperidine rings is 1. The second kappa shape index (κ2) is 5.35. The molecule has 1 saturated carbocycles. The van der Waals surface area contributed by atoms with Gasteiger partial charge < -0.3 is 10.2 Å². The first-order valence-corrected chi connectivity index (χ1v) is 7.43. The van der Waals surface area contributed by atoms with E-state index in [1.165, 1.54) is 12.5 Å². The summed E-state index contributed by atoms with van der Waals surface area (Å²) in [6.07, 6.45) is 3.42. The molecule has 6 heteroatoms. The van der Waals surface area contributed by atoms with E-state index in [2.05, 4.69) is 5.32 Å². The van der Waals surface area contributed by atoms with E-state index in [9.17, 15) is 14.9 Å². The molecule has 0 aromatic heterocycles. The van der Waals surface area contributed by atoms with Crippen molar-refractivity contribution >= 4 is 17.3 Å². The number of benzene rings is 1. The van der Waals surface area contributed by atoms with Crippen LogP contribution < -0.4 is 5.32 Å². The molecular weight excluding hydrogens is 270 g/mol. The Balaban J connectivity index is 1.86. The molecule has 1 saturated heterocycles. The second-order valence-corrected chi connectivity index (χ2v) is 5.81. The fourth-order valence-electron chi connectivity index (χ4n) is 3.50. The van der Waals surface area contributed by atoms with Crippen LogP contribution in [0.15, 0.2) is 18.2 Å². The Bertz CT molecular complexity index is 588. The van der Waals surface area contributed by atoms with Gasteiger partial charge in [-0.05, 0) is 44.2 Å². The van der Waals surface area contributed by atoms with Crippen LogP contribution in [0.2, 0.25) is 0 Å². The Hall–Kier alpha value is -2.11. The average molecular weight is 289 g/mol. The van der Waals surface area contributed by atoms with Gasteiger partial charge in [0.1, 0.15) is 5.69 Å². The van der Waals surface area contributed by atoms with Gasteiger partial charge >= 0.3 is 0 Å². The van der Waals surface area contributed by atoms with Crippen molar-refractivity contribution in [2.75, 3.05) is 18.4 Å². The van der Waals surface area contributed by atoms with Crippen LogP contribution in [0.3, 0.4) is 0 Å². The van der Waals surface area contributed by atoms with E-state index >= 15 is 0 Å². The largest absolute Gasteiger partial charge is 0.380 e. The third-order valence-electron chi connectivity index (χ3n) is 4.48. The van der Waals surface area contributed by atoms with Gasteiger partial charge in [0.2, 0.25) is 0 Å². The van der Waals surface area contributed by atoms with Gasteiger partial charge in [0.25, 0.3) is 11.6 Å². The third kappa shape index (κ3) is 2.46. The van der Waals surface area contributed by atoms with Crippen LogP contribution in [0.5, 0.6) is 0 Å². The highest BCUT2D eigenvalue weighted by atomic mass is 16.6. The lowest BCUT2D eigenvalue weighted by atomic mass is 10.1. The van der Waals surface area contributed by atoms with Crippen LogP contribution >= 0.6 is 0 Å². The van der Waals surface area contributed by atoms with Crippen LogP contribution in [0.25, 0.3) is 0 Å². The van der Waals surface area contributed by atoms with Crippen LogP contribution in [0.1, 0.15) is 36.5 Å². The monoisotopic (exact) mass is 289 g/mol. The summed E-state index contributed by atoms with van der Waals surface area (Å²) in [5.74, 6) is 0.640. The number of carbonyl (C=O) groups is 1. The number of likely N-dealkylation sites (tertiary alicyclic amines) is 1. The molecule has 1 aliphatic heterocycles. The molecule has 1 heterocycles. The van der Waals surface area contributed by atoms with Gasteiger partial charge in [0, 0.05) is 30.8 Å². The van der Waals surface area contributed by atoms with Gasteiger partial charge in [0.05, 0.1) is 4.92 Å². The number of amides is 1. The summed E-state index contributed by atoms with van der Waals surface area (Å²) >= 11 is 0. The molecule has 1 aliphatic carbocycles. The summed E-state index contributed by atoms with van der Waals surface area (Å²) in [6, 6.07) is 4.95. The maximum absolute atomic E-state index is 12.6. The lowest BCUT2D eigenvalue weighted by molar-refractivity contribution is -0.384. The molecule has 1 N–H and O–H groups in total. The molecule has 21 heavy (non-hydrogen) atoms. The van der Waals surface area contributed by atoms with Gasteiger partial charge in [-0.3, -0.25) is 14.9 Å². The van der Waals surface area contributed by atoms with Crippen LogP contribution in [-0.4, -0.2) is 34.9 Å². The minimum atomic E-state index is -0.427. The topological polar surface area (TPSA) is 75.5 Å². The van der Waals surface area contributed by atoms with E-state index in [4.69, 9.17) is 0 Å². The van der Waals surface area contributed by atoms with E-state index in [1.807, 2.05) is 11.8 Å². The van der Waals surface area contributed by atoms with Crippen molar-refractivity contribution in [3.8, 4) is 0 Å². The minimum Gasteiger partial charge on any atom is -0.380 e. The quantitative estimate of drug-likeness (QED) is 0.683. The summed E-state index contributed by atoms with van der Waals surface area (Å²) in [5, 5.41) is 14.0. The molecule has 1 amide bonds. The first-order valence-electron chi connectivity index (χ1n) is 7.43. The molecule has 2 unspecified atom stereocenters. The van der Waals surface area contributed by atoms with Crippen molar-refractivity contribution in [3.05, 3.63) is 33.9 Å². The Morgan fingerprint density at radius 1 is 1.48 bits per heavy atom. The van der Waals surface area contributed by atoms with E-state index in [0.29, 0.717) is 29.8 Å². The number of rotatable bonds is 4. The van der Waals surface area contributed by atoms with E-state index < -0.39 is 4.92 Å². The highest BCUT2D eigenvalue weighted by molar-refractivity contribution is 5.96. The van der Waals surface area contributed by atoms with Gasteiger partial charge in [0.15, 0.2) is 0 Å². The van der Waals surface area contributed by atoms with E-state index in [1.54, 1.807) is 12.1 Å². The zero-order valence-electron chi connectivity index (χ0n) is 12.0. The van der Waals surface area contributed by atoms with Crippen molar-refractivity contribution in [2.45, 2.75) is 32.2 Å². The van der Waals surface area contributed by atoms with Gasteiger partial charge in [-0.1, -0.05) is 0 Å². The maximum Gasteiger partial charge on any atom is 0.292 e. The zero-order valence-corrected chi connectivity index (χ0v) is 12.0. The molecule has 2 bridgehead atoms. The fourth-order valence-corrected chi connectivity index (χ4v) is 3.50. The average Bonchev–Trinajstić information content (AvgIpc) is 3.09. The lowest BCUT2D eigenvalue weighted by Crippen LogP contribution is -2.37. The van der Waals surface area contributed by atoms with Gasteiger partial charge in [-0.25, -0.2) is 0 Å². The first kappa shape index (κ1) is 13.9. The first-order chi connectivity index (χ1) is 10.1. The molecule has 0 spiro atoms. The van der Waals surface area contributed by atoms with Crippen molar-refractivity contribution in [2.24, 2.45) is 5.92 Å². The molecular formula is C15H19N3O3. The fraction of sp³-hybridized carbons (Fsp3) is 0.533. The smallest absolute Gasteiger partial charge is 0.292 e. The molecule has 2 fully saturated rings. The predicted molar refractivity (Wildman–Crippen MR) is 79.4 cm³/mol. The molecule has 3 rings (SSSR count). The molecule has 1 aromatic carbocycles. The number of hydrogen-bond donors (Lipinski definition) is 1. The minimum absolute atomic E-state index is 0.00347. The molecule has 2 atom stereocenters. The summed E-state index contributed by atoms with van der Waals surface area (Å²) in [6.45, 7) is 3.28. The number of nitrogens with one attached hydrogen (secondary N) is 1. The van der Waals surface area contributed by atoms with Crippen molar-refractivity contribution in [1.29, 1.82) is 0 Å². The van der Waals surface area contributed by atoms with Gasteiger partial charge in [-0.15, -0.1) is 0 Å². The van der Waals surface area contributed by atoms with Crippen LogP contribution in [0, 0.1) is 16.0 Å². The number of hydrogen-bond acceptors (Lipinski definition) is 4. The number of nitro benzene ring substituents is 1. The Morgan fingerprint density at radius 3 is 2.86 bits per heavy atom. The highest BCUT2D eigenvalue weighted by Crippen LogP contribution is 2.38. The highest BCUT2D eigenvalue weighted by Gasteiger charge is 2.40. The summed E-state index contributed by atoms with van der Waals surface area (Å²) < 4.78 is 0. The van der Waals surface area contributed by atoms with E-state index in [0.717, 1.165) is 19.4 Å². The molecule has 6 nitrogen and oxygen atoms in total. The predicted octanol–water partition coefficient (Wildman–Crippen LogP) is 2.65. The summed E-state index contributed by atoms with van der Waals surface area (Å²) in [5.41, 5.74) is 0.957. The number of nitro groups is 1. The normalized spacial score (nSPS) is 23.4. The van der Waals surface area contributed by atoms with Crippen LogP contribution in [-0.2, 0) is 0 Å². The van der Waals surface area contributed by atoms with Gasteiger partial charge in [-0.2, -0.15) is 0 Å². The Kier molecular flexibility index (Phi) is 3.53. The molecule has 0 radical (unpaired) electrons. The number of anilines is 1. The summed E-state index contributed by atoms with van der Waals surface area (Å²) in [7, 11) is 0. The van der Waals surface area contributed by atoms with E-state index in [-0.39, 0.29) is 11.6 Å². The van der Waals surface area contributed by atoms with Crippen molar-refractivity contribution < 1.29 is 9.72 Å². The number of carbonyl (C=O) groups excluding carboxylic acids is 1. The van der Waals surface area contributed by atoms with Crippen molar-refractivity contribution in [3.63, 3.8) is 0 Å². The number of nitrogens with zero attached hydrogens (tertiary/aromatic N) is 2. The number of fused-ring (bicyclic) bond motifs is 2. The van der Waals surface area contributed by atoms with Crippen molar-refractivity contribution in [1.82, 2.24) is 4.90 Å². The maximum atomic E-state index is 12.6. The Morgan fingerprint density at radius 2 is 2.29 bits per heavy atom. The second-order valence-electron chi connectivity index (χ2n) is 5.81. The zero-order chi connectivity index (χ0) is 15.0. The molecule has 112 valence electrons. The Labute approximate surface area is 123 Å². The van der Waals surface area contributed by atoms with Crippen LogP contribution in [0.4, 0.5) is 11.4 Å². The standard InChI is InChI=1S/C15H19N3O3/c1-2-16-13-8-11(4-6-14(13)18(20)21)15(19)17-9-10-3-5-12(17)7-10/h4,6,8,10,12,16H,2-3,5,7,9H2,1H3. The summed E-state index contributed by atoms with van der Waals surface area (Å²) in [4.78, 5) is 25.1.